The van der Waals surface area contributed by atoms with Crippen LogP contribution >= 0.6 is 23.1 Å². The Bertz CT molecular complexity index is 1080. The van der Waals surface area contributed by atoms with Crippen molar-refractivity contribution in [3.05, 3.63) is 66.2 Å². The number of tetrazole rings is 1. The lowest BCUT2D eigenvalue weighted by molar-refractivity contribution is -0.116. The number of anilines is 1. The molecule has 0 bridgehead atoms. The number of aryl methyl sites for hydroxylation is 1. The van der Waals surface area contributed by atoms with Crippen LogP contribution in [0.1, 0.15) is 18.4 Å². The molecule has 4 rings (SSSR count). The van der Waals surface area contributed by atoms with Crippen LogP contribution in [-0.4, -0.2) is 36.3 Å². The second-order valence-electron chi connectivity index (χ2n) is 6.37. The molecular weight excluding hydrogens is 418 g/mol. The number of aromatic nitrogens is 6. The lowest BCUT2D eigenvalue weighted by Crippen LogP contribution is -2.13. The highest BCUT2D eigenvalue weighted by Crippen LogP contribution is 2.28. The Hall–Kier alpha value is -3.11. The van der Waals surface area contributed by atoms with E-state index in [0.717, 1.165) is 15.7 Å². The second-order valence-corrected chi connectivity index (χ2v) is 8.57. The van der Waals surface area contributed by atoms with Crippen LogP contribution < -0.4 is 5.32 Å². The fourth-order valence-electron chi connectivity index (χ4n) is 2.64. The minimum atomic E-state index is -0.103. The van der Waals surface area contributed by atoms with Gasteiger partial charge in [0.2, 0.25) is 16.9 Å². The molecule has 0 radical (unpaired) electrons. The Balaban J connectivity index is 1.20. The van der Waals surface area contributed by atoms with E-state index in [-0.39, 0.29) is 5.91 Å². The monoisotopic (exact) mass is 437 g/mol. The third-order valence-corrected chi connectivity index (χ3v) is 6.15. The summed E-state index contributed by atoms with van der Waals surface area (Å²) in [4.78, 5) is 13.7. The van der Waals surface area contributed by atoms with Gasteiger partial charge in [0.25, 0.3) is 0 Å². The second kappa shape index (κ2) is 10.1. The SMILES string of the molecule is O=C(CCCn1nnc(-c2ccccc2)n1)Nc1nnc(SCc2ccccc2)s1. The smallest absolute Gasteiger partial charge is 0.226 e. The highest BCUT2D eigenvalue weighted by Gasteiger charge is 2.10. The number of carbonyl (C=O) groups is 1. The first-order chi connectivity index (χ1) is 14.8. The molecule has 0 aliphatic heterocycles. The molecule has 0 fully saturated rings. The standard InChI is InChI=1S/C20H19N7OS2/c28-17(12-7-13-27-25-18(22-26-27)16-10-5-2-6-11-16)21-19-23-24-20(30-19)29-14-15-8-3-1-4-9-15/h1-6,8-11H,7,12-14H2,(H,21,23,28). The largest absolute Gasteiger partial charge is 0.301 e. The molecule has 0 spiro atoms. The van der Waals surface area contributed by atoms with Gasteiger partial charge in [-0.2, -0.15) is 4.80 Å². The van der Waals surface area contributed by atoms with E-state index in [1.165, 1.54) is 21.7 Å². The molecule has 2 heterocycles. The maximum atomic E-state index is 12.2. The van der Waals surface area contributed by atoms with Crippen molar-refractivity contribution in [1.29, 1.82) is 0 Å². The van der Waals surface area contributed by atoms with Crippen LogP contribution in [0.5, 0.6) is 0 Å². The molecule has 30 heavy (non-hydrogen) atoms. The lowest BCUT2D eigenvalue weighted by atomic mass is 10.2. The maximum Gasteiger partial charge on any atom is 0.226 e. The Labute approximate surface area is 181 Å². The summed E-state index contributed by atoms with van der Waals surface area (Å²) in [5.74, 6) is 1.29. The molecule has 2 aromatic carbocycles. The number of hydrogen-bond acceptors (Lipinski definition) is 8. The molecule has 1 N–H and O–H groups in total. The summed E-state index contributed by atoms with van der Waals surface area (Å²) in [5.41, 5.74) is 2.14. The number of hydrogen-bond donors (Lipinski definition) is 1. The zero-order valence-electron chi connectivity index (χ0n) is 16.0. The highest BCUT2D eigenvalue weighted by molar-refractivity contribution is 8.00. The fourth-order valence-corrected chi connectivity index (χ4v) is 4.37. The lowest BCUT2D eigenvalue weighted by Gasteiger charge is -2.00. The molecule has 0 unspecified atom stereocenters. The molecule has 10 heteroatoms. The van der Waals surface area contributed by atoms with Gasteiger partial charge in [0.15, 0.2) is 4.34 Å². The van der Waals surface area contributed by atoms with Crippen molar-refractivity contribution in [2.75, 3.05) is 5.32 Å². The zero-order chi connectivity index (χ0) is 20.6. The van der Waals surface area contributed by atoms with Gasteiger partial charge in [-0.05, 0) is 17.2 Å². The summed E-state index contributed by atoms with van der Waals surface area (Å²) in [5, 5.41) is 23.9. The number of nitrogens with one attached hydrogen (secondary N) is 1. The minimum Gasteiger partial charge on any atom is -0.301 e. The number of amides is 1. The first-order valence-electron chi connectivity index (χ1n) is 9.39. The van der Waals surface area contributed by atoms with Gasteiger partial charge in [-0.3, -0.25) is 4.79 Å². The van der Waals surface area contributed by atoms with Crippen LogP contribution in [0.25, 0.3) is 11.4 Å². The molecule has 0 aliphatic rings. The van der Waals surface area contributed by atoms with E-state index < -0.39 is 0 Å². The van der Waals surface area contributed by atoms with Gasteiger partial charge in [0, 0.05) is 17.7 Å². The average Bonchev–Trinajstić information content (AvgIpc) is 3.43. The molecule has 0 aliphatic carbocycles. The number of thioether (sulfide) groups is 1. The third-order valence-electron chi connectivity index (χ3n) is 4.10. The average molecular weight is 438 g/mol. The molecule has 152 valence electrons. The molecule has 0 saturated heterocycles. The topological polar surface area (TPSA) is 98.5 Å². The van der Waals surface area contributed by atoms with Gasteiger partial charge < -0.3 is 5.32 Å². The van der Waals surface area contributed by atoms with Crippen LogP contribution in [0.2, 0.25) is 0 Å². The van der Waals surface area contributed by atoms with E-state index in [0.29, 0.717) is 30.3 Å². The number of nitrogens with zero attached hydrogens (tertiary/aromatic N) is 6. The van der Waals surface area contributed by atoms with E-state index in [9.17, 15) is 4.79 Å². The summed E-state index contributed by atoms with van der Waals surface area (Å²) >= 11 is 2.98. The van der Waals surface area contributed by atoms with Crippen LogP contribution in [0.4, 0.5) is 5.13 Å². The van der Waals surface area contributed by atoms with Crippen molar-refractivity contribution in [3.8, 4) is 11.4 Å². The summed E-state index contributed by atoms with van der Waals surface area (Å²) < 4.78 is 0.828. The van der Waals surface area contributed by atoms with Gasteiger partial charge in [0.05, 0.1) is 6.54 Å². The summed E-state index contributed by atoms with van der Waals surface area (Å²) in [6.07, 6.45) is 0.944. The molecule has 1 amide bonds. The van der Waals surface area contributed by atoms with Gasteiger partial charge in [-0.1, -0.05) is 83.8 Å². The third kappa shape index (κ3) is 5.71. The molecule has 2 aromatic heterocycles. The summed E-state index contributed by atoms with van der Waals surface area (Å²) in [7, 11) is 0. The van der Waals surface area contributed by atoms with Crippen molar-refractivity contribution in [2.45, 2.75) is 29.5 Å². The first kappa shape index (κ1) is 20.2. The Morgan fingerprint density at radius 3 is 2.57 bits per heavy atom. The molecule has 8 nitrogen and oxygen atoms in total. The fraction of sp³-hybridized carbons (Fsp3) is 0.200. The molecule has 0 saturated carbocycles. The van der Waals surface area contributed by atoms with E-state index in [4.69, 9.17) is 0 Å². The summed E-state index contributed by atoms with van der Waals surface area (Å²) in [6.45, 7) is 0.515. The first-order valence-corrected chi connectivity index (χ1v) is 11.2. The Morgan fingerprint density at radius 2 is 1.77 bits per heavy atom. The van der Waals surface area contributed by atoms with Gasteiger partial charge in [-0.25, -0.2) is 0 Å². The maximum absolute atomic E-state index is 12.2. The zero-order valence-corrected chi connectivity index (χ0v) is 17.6. The highest BCUT2D eigenvalue weighted by atomic mass is 32.2. The normalized spacial score (nSPS) is 10.8. The quantitative estimate of drug-likeness (QED) is 0.313. The number of rotatable bonds is 9. The molecule has 0 atom stereocenters. The number of benzene rings is 2. The molecule has 4 aromatic rings. The minimum absolute atomic E-state index is 0.103. The Kier molecular flexibility index (Phi) is 6.78. The van der Waals surface area contributed by atoms with Crippen molar-refractivity contribution in [1.82, 2.24) is 30.4 Å². The van der Waals surface area contributed by atoms with E-state index >= 15 is 0 Å². The van der Waals surface area contributed by atoms with Crippen LogP contribution in [0.3, 0.4) is 0 Å². The van der Waals surface area contributed by atoms with Crippen LogP contribution in [-0.2, 0) is 17.1 Å². The van der Waals surface area contributed by atoms with Crippen molar-refractivity contribution >= 4 is 34.1 Å². The van der Waals surface area contributed by atoms with Crippen molar-refractivity contribution in [3.63, 3.8) is 0 Å². The van der Waals surface area contributed by atoms with Gasteiger partial charge in [0.1, 0.15) is 0 Å². The van der Waals surface area contributed by atoms with Crippen LogP contribution in [0.15, 0.2) is 65.0 Å². The molecular formula is C20H19N7OS2. The van der Waals surface area contributed by atoms with Gasteiger partial charge >= 0.3 is 0 Å². The summed E-state index contributed by atoms with van der Waals surface area (Å²) in [6, 6.07) is 19.8. The van der Waals surface area contributed by atoms with Crippen molar-refractivity contribution < 1.29 is 4.79 Å². The van der Waals surface area contributed by atoms with E-state index in [2.05, 4.69) is 43.1 Å². The van der Waals surface area contributed by atoms with Gasteiger partial charge in [-0.15, -0.1) is 20.4 Å². The number of carbonyl (C=O) groups excluding carboxylic acids is 1. The van der Waals surface area contributed by atoms with E-state index in [1.807, 2.05) is 48.5 Å². The van der Waals surface area contributed by atoms with Crippen LogP contribution in [0, 0.1) is 0 Å². The predicted octanol–water partition coefficient (Wildman–Crippen LogP) is 3.90. The van der Waals surface area contributed by atoms with E-state index in [1.54, 1.807) is 11.8 Å². The Morgan fingerprint density at radius 1 is 1.00 bits per heavy atom. The predicted molar refractivity (Wildman–Crippen MR) is 117 cm³/mol. The van der Waals surface area contributed by atoms with Crippen molar-refractivity contribution in [2.24, 2.45) is 0 Å².